The average Bonchev–Trinajstić information content (AvgIpc) is 3.07. The van der Waals surface area contributed by atoms with E-state index in [9.17, 15) is 9.59 Å². The molecule has 1 aliphatic rings. The van der Waals surface area contributed by atoms with Crippen molar-refractivity contribution in [1.82, 2.24) is 14.9 Å². The molecule has 0 radical (unpaired) electrons. The van der Waals surface area contributed by atoms with Crippen molar-refractivity contribution in [1.29, 1.82) is 0 Å². The van der Waals surface area contributed by atoms with Crippen molar-refractivity contribution in [2.75, 3.05) is 31.6 Å². The van der Waals surface area contributed by atoms with Crippen molar-refractivity contribution < 1.29 is 14.3 Å². The van der Waals surface area contributed by atoms with Crippen LogP contribution in [0.1, 0.15) is 11.4 Å². The van der Waals surface area contributed by atoms with Gasteiger partial charge in [-0.25, -0.2) is 4.98 Å². The highest BCUT2D eigenvalue weighted by atomic mass is 16.5. The van der Waals surface area contributed by atoms with E-state index < -0.39 is 0 Å². The molecule has 0 spiro atoms. The zero-order valence-corrected chi connectivity index (χ0v) is 15.9. The van der Waals surface area contributed by atoms with Crippen LogP contribution >= 0.6 is 0 Å². The molecule has 1 aliphatic heterocycles. The minimum atomic E-state index is -0.0903. The molecule has 0 bridgehead atoms. The number of carbonyl (C=O) groups excluding carboxylic acids is 2. The molecule has 4 rings (SSSR count). The largest absolute Gasteiger partial charge is 0.497 e. The average molecular weight is 378 g/mol. The molecular weight excluding hydrogens is 356 g/mol. The van der Waals surface area contributed by atoms with Crippen LogP contribution in [-0.4, -0.2) is 53.4 Å². The minimum Gasteiger partial charge on any atom is -0.497 e. The number of carbonyl (C=O) groups is 2. The Kier molecular flexibility index (Phi) is 4.73. The molecule has 1 N–H and O–H groups in total. The molecule has 1 aromatic heterocycles. The van der Waals surface area contributed by atoms with E-state index >= 15 is 0 Å². The summed E-state index contributed by atoms with van der Waals surface area (Å²) in [6.45, 7) is 2.96. The summed E-state index contributed by atoms with van der Waals surface area (Å²) < 4.78 is 5.23. The standard InChI is InChI=1S/C21H22N4O3/c1-14-22-18-7-6-15(10-19(18)23-14)11-20(26)24-8-9-25(21(27)13-24)16-4-3-5-17(12-16)28-2/h3-7,10,12H,8-9,11,13H2,1-2H3,(H,22,23). The highest BCUT2D eigenvalue weighted by Crippen LogP contribution is 2.23. The Morgan fingerprint density at radius 2 is 2.07 bits per heavy atom. The number of aryl methyl sites for hydroxylation is 1. The molecule has 1 fully saturated rings. The van der Waals surface area contributed by atoms with E-state index in [2.05, 4.69) is 9.97 Å². The van der Waals surface area contributed by atoms with Gasteiger partial charge in [-0.2, -0.15) is 0 Å². The Morgan fingerprint density at radius 3 is 2.86 bits per heavy atom. The van der Waals surface area contributed by atoms with E-state index in [1.165, 1.54) is 0 Å². The van der Waals surface area contributed by atoms with Gasteiger partial charge in [0.1, 0.15) is 18.1 Å². The van der Waals surface area contributed by atoms with Gasteiger partial charge in [0.2, 0.25) is 11.8 Å². The maximum atomic E-state index is 12.7. The molecule has 0 saturated carbocycles. The van der Waals surface area contributed by atoms with Crippen LogP contribution in [-0.2, 0) is 16.0 Å². The summed E-state index contributed by atoms with van der Waals surface area (Å²) in [6.07, 6.45) is 0.264. The Morgan fingerprint density at radius 1 is 1.21 bits per heavy atom. The fourth-order valence-electron chi connectivity index (χ4n) is 3.52. The summed E-state index contributed by atoms with van der Waals surface area (Å²) in [5, 5.41) is 0. The molecule has 1 saturated heterocycles. The number of rotatable bonds is 4. The summed E-state index contributed by atoms with van der Waals surface area (Å²) >= 11 is 0. The normalized spacial score (nSPS) is 14.6. The van der Waals surface area contributed by atoms with Crippen LogP contribution in [0.15, 0.2) is 42.5 Å². The van der Waals surface area contributed by atoms with Crippen LogP contribution < -0.4 is 9.64 Å². The molecule has 2 aromatic carbocycles. The van der Waals surface area contributed by atoms with E-state index in [0.29, 0.717) is 18.8 Å². The lowest BCUT2D eigenvalue weighted by Crippen LogP contribution is -2.52. The topological polar surface area (TPSA) is 78.5 Å². The molecule has 7 heteroatoms. The lowest BCUT2D eigenvalue weighted by Gasteiger charge is -2.34. The second-order valence-corrected chi connectivity index (χ2v) is 6.91. The van der Waals surface area contributed by atoms with Gasteiger partial charge in [0.25, 0.3) is 0 Å². The first-order valence-corrected chi connectivity index (χ1v) is 9.21. The highest BCUT2D eigenvalue weighted by molar-refractivity contribution is 5.98. The molecule has 3 aromatic rings. The summed E-state index contributed by atoms with van der Waals surface area (Å²) in [7, 11) is 1.60. The molecule has 0 unspecified atom stereocenters. The fourth-order valence-corrected chi connectivity index (χ4v) is 3.52. The van der Waals surface area contributed by atoms with Gasteiger partial charge in [0.05, 0.1) is 24.6 Å². The number of piperazine rings is 1. The number of imidazole rings is 1. The minimum absolute atomic E-state index is 0.0470. The number of anilines is 1. The predicted molar refractivity (Wildman–Crippen MR) is 106 cm³/mol. The van der Waals surface area contributed by atoms with Gasteiger partial charge < -0.3 is 19.5 Å². The zero-order chi connectivity index (χ0) is 19.7. The summed E-state index contributed by atoms with van der Waals surface area (Å²) in [5.41, 5.74) is 3.50. The third-order valence-corrected chi connectivity index (χ3v) is 4.96. The van der Waals surface area contributed by atoms with E-state index in [-0.39, 0.29) is 24.8 Å². The lowest BCUT2D eigenvalue weighted by molar-refractivity contribution is -0.136. The van der Waals surface area contributed by atoms with Crippen LogP contribution in [0.3, 0.4) is 0 Å². The number of ether oxygens (including phenoxy) is 1. The van der Waals surface area contributed by atoms with Crippen LogP contribution in [0.2, 0.25) is 0 Å². The number of aromatic amines is 1. The van der Waals surface area contributed by atoms with Crippen molar-refractivity contribution >= 4 is 28.5 Å². The Labute approximate surface area is 162 Å². The van der Waals surface area contributed by atoms with E-state index in [4.69, 9.17) is 4.74 Å². The molecule has 144 valence electrons. The smallest absolute Gasteiger partial charge is 0.246 e. The number of hydrogen-bond acceptors (Lipinski definition) is 4. The van der Waals surface area contributed by atoms with Gasteiger partial charge in [-0.3, -0.25) is 9.59 Å². The Hall–Kier alpha value is -3.35. The number of hydrogen-bond donors (Lipinski definition) is 1. The summed E-state index contributed by atoms with van der Waals surface area (Å²) in [6, 6.07) is 13.2. The highest BCUT2D eigenvalue weighted by Gasteiger charge is 2.28. The first kappa shape index (κ1) is 18.0. The van der Waals surface area contributed by atoms with Gasteiger partial charge >= 0.3 is 0 Å². The number of nitrogens with one attached hydrogen (secondary N) is 1. The van der Waals surface area contributed by atoms with Crippen LogP contribution in [0, 0.1) is 6.92 Å². The first-order valence-electron chi connectivity index (χ1n) is 9.21. The van der Waals surface area contributed by atoms with E-state index in [1.807, 2.05) is 49.4 Å². The maximum Gasteiger partial charge on any atom is 0.246 e. The van der Waals surface area contributed by atoms with Crippen molar-refractivity contribution in [3.8, 4) is 5.75 Å². The van der Waals surface area contributed by atoms with Gasteiger partial charge in [-0.15, -0.1) is 0 Å². The van der Waals surface area contributed by atoms with Crippen molar-refractivity contribution in [3.63, 3.8) is 0 Å². The number of amides is 2. The number of H-pyrrole nitrogens is 1. The summed E-state index contributed by atoms with van der Waals surface area (Å²) in [5.74, 6) is 1.41. The predicted octanol–water partition coefficient (Wildman–Crippen LogP) is 2.30. The lowest BCUT2D eigenvalue weighted by atomic mass is 10.1. The summed E-state index contributed by atoms with van der Waals surface area (Å²) in [4.78, 5) is 36.2. The van der Waals surface area contributed by atoms with Crippen molar-refractivity contribution in [2.45, 2.75) is 13.3 Å². The molecule has 0 atom stereocenters. The van der Waals surface area contributed by atoms with Crippen LogP contribution in [0.4, 0.5) is 5.69 Å². The van der Waals surface area contributed by atoms with Gasteiger partial charge in [0, 0.05) is 24.8 Å². The van der Waals surface area contributed by atoms with Crippen LogP contribution in [0.25, 0.3) is 11.0 Å². The van der Waals surface area contributed by atoms with Gasteiger partial charge in [-0.1, -0.05) is 12.1 Å². The number of benzene rings is 2. The molecule has 0 aliphatic carbocycles. The molecule has 2 amide bonds. The van der Waals surface area contributed by atoms with E-state index in [1.54, 1.807) is 16.9 Å². The van der Waals surface area contributed by atoms with Gasteiger partial charge in [-0.05, 0) is 36.8 Å². The third-order valence-electron chi connectivity index (χ3n) is 4.96. The number of methoxy groups -OCH3 is 1. The zero-order valence-electron chi connectivity index (χ0n) is 15.9. The second kappa shape index (κ2) is 7.34. The quantitative estimate of drug-likeness (QED) is 0.756. The first-order chi connectivity index (χ1) is 13.5. The molecular formula is C21H22N4O3. The fraction of sp³-hybridized carbons (Fsp3) is 0.286. The SMILES string of the molecule is COc1cccc(N2CCN(C(=O)Cc3ccc4nc(C)[nH]c4c3)CC2=O)c1. The molecule has 2 heterocycles. The van der Waals surface area contributed by atoms with E-state index in [0.717, 1.165) is 28.1 Å². The van der Waals surface area contributed by atoms with Gasteiger partial charge in [0.15, 0.2) is 0 Å². The molecule has 7 nitrogen and oxygen atoms in total. The Balaban J connectivity index is 1.42. The Bertz CT molecular complexity index is 1040. The number of nitrogens with zero attached hydrogens (tertiary/aromatic N) is 3. The second-order valence-electron chi connectivity index (χ2n) is 6.91. The molecule has 28 heavy (non-hydrogen) atoms. The monoisotopic (exact) mass is 378 g/mol. The van der Waals surface area contributed by atoms with Crippen molar-refractivity contribution in [2.24, 2.45) is 0 Å². The number of aromatic nitrogens is 2. The third kappa shape index (κ3) is 3.55. The van der Waals surface area contributed by atoms with Crippen LogP contribution in [0.5, 0.6) is 5.75 Å². The van der Waals surface area contributed by atoms with Crippen molar-refractivity contribution in [3.05, 3.63) is 53.9 Å². The number of fused-ring (bicyclic) bond motifs is 1. The maximum absolute atomic E-state index is 12.7.